The highest BCUT2D eigenvalue weighted by Crippen LogP contribution is 2.39. The zero-order valence-corrected chi connectivity index (χ0v) is 20.0. The highest BCUT2D eigenvalue weighted by Gasteiger charge is 2.33. The van der Waals surface area contributed by atoms with Crippen molar-refractivity contribution >= 4 is 28.5 Å². The summed E-state index contributed by atoms with van der Waals surface area (Å²) < 4.78 is 59.9. The van der Waals surface area contributed by atoms with E-state index in [1.807, 2.05) is 0 Å². The Morgan fingerprint density at radius 1 is 1.14 bits per heavy atom. The van der Waals surface area contributed by atoms with E-state index in [0.29, 0.717) is 0 Å². The fourth-order valence-corrected chi connectivity index (χ4v) is 4.21. The number of ether oxygens (including phenoxy) is 1. The Morgan fingerprint density at radius 3 is 2.38 bits per heavy atom. The van der Waals surface area contributed by atoms with Crippen molar-refractivity contribution in [3.05, 3.63) is 69.3 Å². The van der Waals surface area contributed by atoms with Gasteiger partial charge in [0.2, 0.25) is 0 Å². The number of hydrogen-bond acceptors (Lipinski definition) is 6. The quantitative estimate of drug-likeness (QED) is 0.354. The molecule has 0 spiro atoms. The molecule has 8 nitrogen and oxygen atoms in total. The molecule has 1 atom stereocenters. The molecule has 1 aliphatic heterocycles. The van der Waals surface area contributed by atoms with Gasteiger partial charge in [-0.1, -0.05) is 12.1 Å². The summed E-state index contributed by atoms with van der Waals surface area (Å²) in [7, 11) is 0. The van der Waals surface area contributed by atoms with Gasteiger partial charge in [-0.15, -0.1) is 0 Å². The molecule has 1 unspecified atom stereocenters. The molecule has 1 aromatic heterocycles. The van der Waals surface area contributed by atoms with Crippen molar-refractivity contribution in [3.8, 4) is 5.75 Å². The predicted octanol–water partition coefficient (Wildman–Crippen LogP) is 3.95. The first kappa shape index (κ1) is 26.0. The van der Waals surface area contributed by atoms with Crippen LogP contribution in [-0.2, 0) is 15.7 Å². The Hall–Kier alpha value is -4.09. The Morgan fingerprint density at radius 2 is 1.78 bits per heavy atom. The monoisotopic (exact) mass is 521 g/mol. The molecule has 1 amide bonds. The molecule has 3 N–H and O–H groups in total. The van der Waals surface area contributed by atoms with E-state index in [2.05, 4.69) is 10.6 Å². The zero-order chi connectivity index (χ0) is 27.3. The number of pyridine rings is 1. The van der Waals surface area contributed by atoms with E-state index >= 15 is 0 Å². The van der Waals surface area contributed by atoms with E-state index in [9.17, 15) is 37.1 Å². The first-order chi connectivity index (χ1) is 17.2. The van der Waals surface area contributed by atoms with Gasteiger partial charge >= 0.3 is 12.1 Å². The minimum Gasteiger partial charge on any atom is -0.506 e. The maximum Gasteiger partial charge on any atom is 0.416 e. The molecule has 0 bridgehead atoms. The first-order valence-corrected chi connectivity index (χ1v) is 11.2. The SMILES string of the molecule is CC(C)(C)OC(=O)CNC(=O)c1c(O)c2ccc(F)c3c2n(c1=O)C(c1ccc(C(F)(F)F)cc1)CN3. The van der Waals surface area contributed by atoms with Gasteiger partial charge < -0.3 is 20.5 Å². The van der Waals surface area contributed by atoms with Crippen molar-refractivity contribution in [2.75, 3.05) is 18.4 Å². The van der Waals surface area contributed by atoms with Crippen molar-refractivity contribution in [2.45, 2.75) is 38.6 Å². The number of alkyl halides is 3. The van der Waals surface area contributed by atoms with Crippen molar-refractivity contribution in [1.29, 1.82) is 0 Å². The summed E-state index contributed by atoms with van der Waals surface area (Å²) in [4.78, 5) is 38.5. The number of aromatic hydroxyl groups is 1. The van der Waals surface area contributed by atoms with Crippen LogP contribution in [0.4, 0.5) is 23.2 Å². The van der Waals surface area contributed by atoms with Crippen molar-refractivity contribution in [2.24, 2.45) is 0 Å². The van der Waals surface area contributed by atoms with Crippen LogP contribution < -0.4 is 16.2 Å². The van der Waals surface area contributed by atoms with Crippen LogP contribution in [0, 0.1) is 5.82 Å². The number of hydrogen-bond donors (Lipinski definition) is 3. The highest BCUT2D eigenvalue weighted by molar-refractivity contribution is 6.05. The molecule has 196 valence electrons. The van der Waals surface area contributed by atoms with Gasteiger partial charge in [-0.05, 0) is 50.6 Å². The maximum atomic E-state index is 14.6. The van der Waals surface area contributed by atoms with E-state index in [0.717, 1.165) is 22.8 Å². The molecule has 0 radical (unpaired) electrons. The Labute approximate surface area is 207 Å². The Balaban J connectivity index is 1.82. The molecular formula is C25H23F4N3O5. The molecule has 0 saturated carbocycles. The number of nitrogens with zero attached hydrogens (tertiary/aromatic N) is 1. The number of amides is 1. The third-order valence-electron chi connectivity index (χ3n) is 5.74. The molecule has 2 aromatic carbocycles. The summed E-state index contributed by atoms with van der Waals surface area (Å²) in [5, 5.41) is 15.9. The first-order valence-electron chi connectivity index (χ1n) is 11.2. The molecule has 4 rings (SSSR count). The molecule has 3 aromatic rings. The number of halogens is 4. The van der Waals surface area contributed by atoms with Gasteiger partial charge in [0.05, 0.1) is 22.8 Å². The number of benzene rings is 2. The smallest absolute Gasteiger partial charge is 0.416 e. The average Bonchev–Trinajstić information content (AvgIpc) is 2.80. The molecule has 2 heterocycles. The predicted molar refractivity (Wildman–Crippen MR) is 126 cm³/mol. The molecule has 12 heteroatoms. The average molecular weight is 521 g/mol. The second-order valence-corrected chi connectivity index (χ2v) is 9.50. The summed E-state index contributed by atoms with van der Waals surface area (Å²) >= 11 is 0. The van der Waals surface area contributed by atoms with E-state index in [4.69, 9.17) is 4.74 Å². The third kappa shape index (κ3) is 4.95. The fourth-order valence-electron chi connectivity index (χ4n) is 4.21. The van der Waals surface area contributed by atoms with E-state index in [1.54, 1.807) is 20.8 Å². The summed E-state index contributed by atoms with van der Waals surface area (Å²) in [5.41, 5.74) is -3.30. The highest BCUT2D eigenvalue weighted by atomic mass is 19.4. The van der Waals surface area contributed by atoms with Gasteiger partial charge in [0.1, 0.15) is 29.3 Å². The van der Waals surface area contributed by atoms with Crippen LogP contribution >= 0.6 is 0 Å². The van der Waals surface area contributed by atoms with Crippen LogP contribution in [0.5, 0.6) is 5.75 Å². The summed E-state index contributed by atoms with van der Waals surface area (Å²) in [6.45, 7) is 4.21. The van der Waals surface area contributed by atoms with E-state index in [1.165, 1.54) is 18.2 Å². The van der Waals surface area contributed by atoms with Crippen LogP contribution in [0.3, 0.4) is 0 Å². The summed E-state index contributed by atoms with van der Waals surface area (Å²) in [6.07, 6.45) is -4.57. The van der Waals surface area contributed by atoms with Gasteiger partial charge in [-0.25, -0.2) is 4.39 Å². The minimum atomic E-state index is -4.57. The fraction of sp³-hybridized carbons (Fsp3) is 0.320. The van der Waals surface area contributed by atoms with Gasteiger partial charge in [0, 0.05) is 11.9 Å². The van der Waals surface area contributed by atoms with Crippen molar-refractivity contribution in [3.63, 3.8) is 0 Å². The Bertz CT molecular complexity index is 1460. The Kier molecular flexibility index (Phi) is 6.39. The second kappa shape index (κ2) is 9.09. The van der Waals surface area contributed by atoms with Crippen LogP contribution in [-0.4, -0.2) is 40.2 Å². The molecule has 1 aliphatic rings. The van der Waals surface area contributed by atoms with Crippen LogP contribution in [0.1, 0.15) is 48.3 Å². The van der Waals surface area contributed by atoms with Crippen LogP contribution in [0.2, 0.25) is 0 Å². The lowest BCUT2D eigenvalue weighted by molar-refractivity contribution is -0.153. The molecule has 0 aliphatic carbocycles. The molecule has 0 fully saturated rings. The standard InChI is InChI=1S/C25H23F4N3O5/c1-24(2,3)37-17(33)11-31-22(35)18-21(34)14-8-9-15(26)19-20(14)32(23(18)36)16(10-30-19)12-4-6-13(7-5-12)25(27,28)29/h4-9,16,30,34H,10-11H2,1-3H3,(H,31,35). The van der Waals surface area contributed by atoms with Gasteiger partial charge in [0.25, 0.3) is 11.5 Å². The van der Waals surface area contributed by atoms with Gasteiger partial charge in [-0.3, -0.25) is 19.0 Å². The topological polar surface area (TPSA) is 110 Å². The van der Waals surface area contributed by atoms with Crippen LogP contribution in [0.25, 0.3) is 10.9 Å². The third-order valence-corrected chi connectivity index (χ3v) is 5.74. The summed E-state index contributed by atoms with van der Waals surface area (Å²) in [6, 6.07) is 5.37. The van der Waals surface area contributed by atoms with Crippen LogP contribution in [0.15, 0.2) is 41.2 Å². The summed E-state index contributed by atoms with van der Waals surface area (Å²) in [5.74, 6) is -3.31. The normalized spacial score (nSPS) is 15.3. The zero-order valence-electron chi connectivity index (χ0n) is 20.0. The van der Waals surface area contributed by atoms with Crippen molar-refractivity contribution < 1.29 is 37.0 Å². The van der Waals surface area contributed by atoms with Gasteiger partial charge in [0.15, 0.2) is 0 Å². The maximum absolute atomic E-state index is 14.6. The number of rotatable bonds is 4. The number of anilines is 1. The molecule has 37 heavy (non-hydrogen) atoms. The van der Waals surface area contributed by atoms with Gasteiger partial charge in [-0.2, -0.15) is 13.2 Å². The van der Waals surface area contributed by atoms with Crippen molar-refractivity contribution in [1.82, 2.24) is 9.88 Å². The van der Waals surface area contributed by atoms with E-state index < -0.39 is 64.5 Å². The lowest BCUT2D eigenvalue weighted by Crippen LogP contribution is -2.41. The largest absolute Gasteiger partial charge is 0.506 e. The number of carbonyl (C=O) groups is 2. The number of nitrogens with one attached hydrogen (secondary N) is 2. The molecular weight excluding hydrogens is 498 g/mol. The number of esters is 1. The lowest BCUT2D eigenvalue weighted by Gasteiger charge is -2.30. The number of carbonyl (C=O) groups excluding carboxylic acids is 2. The minimum absolute atomic E-state index is 0.0393. The number of aromatic nitrogens is 1. The second-order valence-electron chi connectivity index (χ2n) is 9.50. The molecule has 0 saturated heterocycles. The van der Waals surface area contributed by atoms with E-state index in [-0.39, 0.29) is 28.7 Å². The lowest BCUT2D eigenvalue weighted by atomic mass is 9.98.